The van der Waals surface area contributed by atoms with Gasteiger partial charge in [0.1, 0.15) is 0 Å². The molecule has 4 rings (SSSR count). The van der Waals surface area contributed by atoms with Crippen molar-refractivity contribution in [3.05, 3.63) is 51.6 Å². The third-order valence-corrected chi connectivity index (χ3v) is 6.62. The molecule has 3 heterocycles. The van der Waals surface area contributed by atoms with Crippen molar-refractivity contribution >= 4 is 23.5 Å². The SMILES string of the molecule is CCc1nn(CCCOC(=O)c2cccc(Cl)c2F)c2c1C(=O)NCC1(CCOCC1)C2. The monoisotopic (exact) mass is 463 g/mol. The summed E-state index contributed by atoms with van der Waals surface area (Å²) in [7, 11) is 0. The fourth-order valence-electron chi connectivity index (χ4n) is 4.48. The summed E-state index contributed by atoms with van der Waals surface area (Å²) in [5.41, 5.74) is 2.18. The Balaban J connectivity index is 1.46. The summed E-state index contributed by atoms with van der Waals surface area (Å²) >= 11 is 5.73. The molecule has 2 aromatic rings. The molecule has 0 atom stereocenters. The van der Waals surface area contributed by atoms with E-state index < -0.39 is 11.8 Å². The molecule has 0 bridgehead atoms. The maximum Gasteiger partial charge on any atom is 0.341 e. The highest BCUT2D eigenvalue weighted by molar-refractivity contribution is 6.31. The molecule has 1 fully saturated rings. The number of carbonyl (C=O) groups is 2. The maximum absolute atomic E-state index is 14.0. The number of aryl methyl sites for hydroxylation is 2. The van der Waals surface area contributed by atoms with Crippen molar-refractivity contribution < 1.29 is 23.5 Å². The summed E-state index contributed by atoms with van der Waals surface area (Å²) in [6.07, 6.45) is 3.68. The van der Waals surface area contributed by atoms with Crippen LogP contribution in [-0.2, 0) is 28.9 Å². The number of amides is 1. The molecule has 1 amide bonds. The number of nitrogens with one attached hydrogen (secondary N) is 1. The summed E-state index contributed by atoms with van der Waals surface area (Å²) in [6, 6.07) is 4.23. The molecule has 1 aromatic carbocycles. The Morgan fingerprint density at radius 2 is 2.16 bits per heavy atom. The Labute approximate surface area is 191 Å². The van der Waals surface area contributed by atoms with E-state index >= 15 is 0 Å². The smallest absolute Gasteiger partial charge is 0.341 e. The summed E-state index contributed by atoms with van der Waals surface area (Å²) in [5, 5.41) is 7.66. The highest BCUT2D eigenvalue weighted by Gasteiger charge is 2.39. The number of hydrogen-bond donors (Lipinski definition) is 1. The Kier molecular flexibility index (Phi) is 6.81. The van der Waals surface area contributed by atoms with Gasteiger partial charge in [-0.1, -0.05) is 24.6 Å². The molecule has 1 aromatic heterocycles. The molecule has 0 saturated carbocycles. The average molecular weight is 464 g/mol. The molecule has 1 saturated heterocycles. The molecule has 2 aliphatic rings. The van der Waals surface area contributed by atoms with Crippen LogP contribution >= 0.6 is 11.6 Å². The first-order valence-corrected chi connectivity index (χ1v) is 11.4. The molecular formula is C23H27ClFN3O4. The summed E-state index contributed by atoms with van der Waals surface area (Å²) in [6.45, 7) is 4.60. The van der Waals surface area contributed by atoms with Crippen molar-refractivity contribution in [1.82, 2.24) is 15.1 Å². The number of esters is 1. The van der Waals surface area contributed by atoms with Crippen molar-refractivity contribution in [1.29, 1.82) is 0 Å². The van der Waals surface area contributed by atoms with Gasteiger partial charge in [0.2, 0.25) is 0 Å². The zero-order chi connectivity index (χ0) is 22.7. The van der Waals surface area contributed by atoms with E-state index in [-0.39, 0.29) is 28.5 Å². The van der Waals surface area contributed by atoms with E-state index in [4.69, 9.17) is 21.1 Å². The zero-order valence-corrected chi connectivity index (χ0v) is 18.8. The highest BCUT2D eigenvalue weighted by atomic mass is 35.5. The van der Waals surface area contributed by atoms with Crippen LogP contribution in [0.2, 0.25) is 5.02 Å². The number of nitrogens with zero attached hydrogens (tertiary/aromatic N) is 2. The fraction of sp³-hybridized carbons (Fsp3) is 0.522. The van der Waals surface area contributed by atoms with Gasteiger partial charge in [0, 0.05) is 32.7 Å². The molecule has 0 unspecified atom stereocenters. The van der Waals surface area contributed by atoms with Crippen LogP contribution in [0.3, 0.4) is 0 Å². The van der Waals surface area contributed by atoms with Crippen LogP contribution in [0, 0.1) is 11.2 Å². The number of carbonyl (C=O) groups excluding carboxylic acids is 2. The first-order chi connectivity index (χ1) is 15.4. The molecule has 32 heavy (non-hydrogen) atoms. The van der Waals surface area contributed by atoms with Crippen molar-refractivity contribution in [2.45, 2.75) is 45.6 Å². The second-order valence-electron chi connectivity index (χ2n) is 8.41. The minimum absolute atomic E-state index is 0.0292. The van der Waals surface area contributed by atoms with Gasteiger partial charge in [-0.3, -0.25) is 9.48 Å². The van der Waals surface area contributed by atoms with Crippen LogP contribution in [0.4, 0.5) is 4.39 Å². The molecule has 172 valence electrons. The van der Waals surface area contributed by atoms with Gasteiger partial charge in [-0.2, -0.15) is 5.10 Å². The summed E-state index contributed by atoms with van der Waals surface area (Å²) < 4.78 is 26.7. The van der Waals surface area contributed by atoms with E-state index in [1.54, 1.807) is 0 Å². The third-order valence-electron chi connectivity index (χ3n) is 6.33. The van der Waals surface area contributed by atoms with Crippen molar-refractivity contribution in [3.8, 4) is 0 Å². The van der Waals surface area contributed by atoms with Crippen LogP contribution in [0.1, 0.15) is 58.3 Å². The first-order valence-electron chi connectivity index (χ1n) is 11.0. The van der Waals surface area contributed by atoms with Crippen LogP contribution in [0.15, 0.2) is 18.2 Å². The Hall–Kier alpha value is -2.45. The molecular weight excluding hydrogens is 437 g/mol. The first kappa shape index (κ1) is 22.7. The number of aromatic nitrogens is 2. The summed E-state index contributed by atoms with van der Waals surface area (Å²) in [5.74, 6) is -1.61. The molecule has 7 nitrogen and oxygen atoms in total. The van der Waals surface area contributed by atoms with Crippen LogP contribution in [-0.4, -0.2) is 48.0 Å². The van der Waals surface area contributed by atoms with E-state index in [1.807, 2.05) is 11.6 Å². The van der Waals surface area contributed by atoms with Crippen LogP contribution < -0.4 is 5.32 Å². The molecule has 9 heteroatoms. The lowest BCUT2D eigenvalue weighted by molar-refractivity contribution is 0.0152. The Bertz CT molecular complexity index is 1020. The van der Waals surface area contributed by atoms with E-state index in [9.17, 15) is 14.0 Å². The predicted octanol–water partition coefficient (Wildman–Crippen LogP) is 3.57. The second kappa shape index (κ2) is 9.58. The molecule has 1 N–H and O–H groups in total. The predicted molar refractivity (Wildman–Crippen MR) is 116 cm³/mol. The molecule has 0 radical (unpaired) electrons. The van der Waals surface area contributed by atoms with Crippen molar-refractivity contribution in [3.63, 3.8) is 0 Å². The van der Waals surface area contributed by atoms with Gasteiger partial charge in [0.05, 0.1) is 34.1 Å². The second-order valence-corrected chi connectivity index (χ2v) is 8.81. The largest absolute Gasteiger partial charge is 0.462 e. The normalized spacial score (nSPS) is 17.5. The van der Waals surface area contributed by atoms with Gasteiger partial charge >= 0.3 is 5.97 Å². The Morgan fingerprint density at radius 1 is 1.38 bits per heavy atom. The van der Waals surface area contributed by atoms with E-state index in [0.29, 0.717) is 44.7 Å². The topological polar surface area (TPSA) is 82.5 Å². The number of ether oxygens (including phenoxy) is 2. The quantitative estimate of drug-likeness (QED) is 0.523. The van der Waals surface area contributed by atoms with E-state index in [0.717, 1.165) is 30.7 Å². The van der Waals surface area contributed by atoms with Crippen molar-refractivity contribution in [2.75, 3.05) is 26.4 Å². The van der Waals surface area contributed by atoms with Gasteiger partial charge in [0.15, 0.2) is 5.82 Å². The van der Waals surface area contributed by atoms with Gasteiger partial charge in [-0.05, 0) is 43.2 Å². The fourth-order valence-corrected chi connectivity index (χ4v) is 4.65. The van der Waals surface area contributed by atoms with Gasteiger partial charge in [0.25, 0.3) is 5.91 Å². The van der Waals surface area contributed by atoms with Gasteiger partial charge in [-0.15, -0.1) is 0 Å². The highest BCUT2D eigenvalue weighted by Crippen LogP contribution is 2.37. The lowest BCUT2D eigenvalue weighted by atomic mass is 9.76. The van der Waals surface area contributed by atoms with Crippen LogP contribution in [0.5, 0.6) is 0 Å². The average Bonchev–Trinajstić information content (AvgIpc) is 3.07. The number of halogens is 2. The van der Waals surface area contributed by atoms with Gasteiger partial charge < -0.3 is 14.8 Å². The number of benzene rings is 1. The minimum Gasteiger partial charge on any atom is -0.462 e. The standard InChI is InChI=1S/C23H27ClFN3O4/c1-2-17-19-18(13-23(14-26-21(19)29)7-11-31-12-8-23)28(27-17)9-4-10-32-22(30)15-5-3-6-16(24)20(15)25/h3,5-6H,2,4,7-14H2,1H3,(H,26,29). The number of fused-ring (bicyclic) bond motifs is 1. The maximum atomic E-state index is 14.0. The number of hydrogen-bond acceptors (Lipinski definition) is 5. The lowest BCUT2D eigenvalue weighted by Gasteiger charge is -2.36. The van der Waals surface area contributed by atoms with E-state index in [1.165, 1.54) is 18.2 Å². The lowest BCUT2D eigenvalue weighted by Crippen LogP contribution is -2.40. The number of rotatable bonds is 6. The molecule has 2 aliphatic heterocycles. The zero-order valence-electron chi connectivity index (χ0n) is 18.1. The third kappa shape index (κ3) is 4.52. The van der Waals surface area contributed by atoms with Crippen molar-refractivity contribution in [2.24, 2.45) is 5.41 Å². The Morgan fingerprint density at radius 3 is 2.91 bits per heavy atom. The van der Waals surface area contributed by atoms with Crippen LogP contribution in [0.25, 0.3) is 0 Å². The minimum atomic E-state index is -0.781. The van der Waals surface area contributed by atoms with E-state index in [2.05, 4.69) is 10.4 Å². The molecule has 1 spiro atoms. The van der Waals surface area contributed by atoms with Gasteiger partial charge in [-0.25, -0.2) is 9.18 Å². The summed E-state index contributed by atoms with van der Waals surface area (Å²) in [4.78, 5) is 25.0. The molecule has 0 aliphatic carbocycles.